The van der Waals surface area contributed by atoms with Gasteiger partial charge in [-0.1, -0.05) is 13.3 Å². The van der Waals surface area contributed by atoms with Crippen LogP contribution in [-0.4, -0.2) is 30.6 Å². The average molecular weight is 252 g/mol. The lowest BCUT2D eigenvalue weighted by Gasteiger charge is -2.31. The van der Waals surface area contributed by atoms with Crippen LogP contribution in [0.25, 0.3) is 0 Å². The molecule has 2 N–H and O–H groups in total. The molecule has 0 amide bonds. The van der Waals surface area contributed by atoms with Crippen molar-refractivity contribution in [1.29, 1.82) is 0 Å². The van der Waals surface area contributed by atoms with Gasteiger partial charge in [0.25, 0.3) is 0 Å². The van der Waals surface area contributed by atoms with Crippen molar-refractivity contribution in [1.82, 2.24) is 4.90 Å². The van der Waals surface area contributed by atoms with E-state index >= 15 is 0 Å². The topological polar surface area (TPSA) is 29.3 Å². The van der Waals surface area contributed by atoms with Crippen LogP contribution in [0.15, 0.2) is 16.8 Å². The molecule has 1 aliphatic carbocycles. The van der Waals surface area contributed by atoms with E-state index in [0.717, 1.165) is 25.0 Å². The third-order valence-electron chi connectivity index (χ3n) is 4.06. The van der Waals surface area contributed by atoms with Crippen molar-refractivity contribution in [3.8, 4) is 0 Å². The lowest BCUT2D eigenvalue weighted by molar-refractivity contribution is 0.172. The first-order valence-corrected chi connectivity index (χ1v) is 7.74. The first-order valence-electron chi connectivity index (χ1n) is 6.80. The Kier molecular flexibility index (Phi) is 5.01. The first kappa shape index (κ1) is 13.1. The molecule has 0 aliphatic heterocycles. The van der Waals surface area contributed by atoms with Crippen LogP contribution >= 0.6 is 11.3 Å². The molecule has 1 heterocycles. The van der Waals surface area contributed by atoms with Gasteiger partial charge < -0.3 is 10.6 Å². The Morgan fingerprint density at radius 1 is 1.47 bits per heavy atom. The van der Waals surface area contributed by atoms with Crippen LogP contribution in [0.3, 0.4) is 0 Å². The molecule has 0 aromatic carbocycles. The molecule has 1 aliphatic rings. The van der Waals surface area contributed by atoms with Crippen molar-refractivity contribution in [2.45, 2.75) is 38.6 Å². The summed E-state index contributed by atoms with van der Waals surface area (Å²) in [7, 11) is 0. The number of thiophene rings is 1. The van der Waals surface area contributed by atoms with Crippen molar-refractivity contribution >= 4 is 11.3 Å². The van der Waals surface area contributed by atoms with Crippen LogP contribution in [0.1, 0.15) is 31.7 Å². The highest BCUT2D eigenvalue weighted by Gasteiger charge is 2.29. The Balaban J connectivity index is 1.87. The number of nitrogens with two attached hydrogens (primary N) is 1. The molecule has 1 aromatic rings. The summed E-state index contributed by atoms with van der Waals surface area (Å²) in [6.07, 6.45) is 5.22. The van der Waals surface area contributed by atoms with Gasteiger partial charge in [-0.05, 0) is 60.7 Å². The minimum absolute atomic E-state index is 0.734. The maximum Gasteiger partial charge on any atom is 0.0136 e. The van der Waals surface area contributed by atoms with Crippen LogP contribution in [0, 0.1) is 5.92 Å². The molecule has 2 rings (SSSR count). The number of hydrogen-bond acceptors (Lipinski definition) is 3. The Labute approximate surface area is 109 Å². The summed E-state index contributed by atoms with van der Waals surface area (Å²) < 4.78 is 0. The van der Waals surface area contributed by atoms with Gasteiger partial charge in [-0.25, -0.2) is 0 Å². The van der Waals surface area contributed by atoms with Crippen molar-refractivity contribution in [2.75, 3.05) is 19.6 Å². The zero-order chi connectivity index (χ0) is 12.1. The van der Waals surface area contributed by atoms with Gasteiger partial charge in [-0.2, -0.15) is 11.3 Å². The molecule has 1 fully saturated rings. The van der Waals surface area contributed by atoms with E-state index in [0.29, 0.717) is 0 Å². The first-order chi connectivity index (χ1) is 8.35. The molecule has 96 valence electrons. The Morgan fingerprint density at radius 2 is 2.35 bits per heavy atom. The van der Waals surface area contributed by atoms with Gasteiger partial charge in [0.15, 0.2) is 0 Å². The average Bonchev–Trinajstić information content (AvgIpc) is 3.00. The van der Waals surface area contributed by atoms with Crippen LogP contribution < -0.4 is 5.73 Å². The van der Waals surface area contributed by atoms with Gasteiger partial charge in [-0.3, -0.25) is 0 Å². The summed E-state index contributed by atoms with van der Waals surface area (Å²) in [5, 5.41) is 4.44. The zero-order valence-corrected chi connectivity index (χ0v) is 11.6. The minimum Gasteiger partial charge on any atom is -0.330 e. The van der Waals surface area contributed by atoms with Gasteiger partial charge in [0.1, 0.15) is 0 Å². The number of rotatable bonds is 6. The van der Waals surface area contributed by atoms with E-state index < -0.39 is 0 Å². The molecule has 2 nitrogen and oxygen atoms in total. The summed E-state index contributed by atoms with van der Waals surface area (Å²) in [6, 6.07) is 2.98. The van der Waals surface area contributed by atoms with Gasteiger partial charge >= 0.3 is 0 Å². The van der Waals surface area contributed by atoms with E-state index in [2.05, 4.69) is 28.7 Å². The molecule has 17 heavy (non-hydrogen) atoms. The van der Waals surface area contributed by atoms with E-state index in [9.17, 15) is 0 Å². The fourth-order valence-electron chi connectivity index (χ4n) is 3.04. The highest BCUT2D eigenvalue weighted by molar-refractivity contribution is 7.07. The molecule has 1 saturated carbocycles. The van der Waals surface area contributed by atoms with Crippen molar-refractivity contribution in [2.24, 2.45) is 11.7 Å². The smallest absolute Gasteiger partial charge is 0.0136 e. The number of nitrogens with zero attached hydrogens (tertiary/aromatic N) is 1. The molecule has 3 heteroatoms. The van der Waals surface area contributed by atoms with Gasteiger partial charge in [0, 0.05) is 12.6 Å². The molecule has 0 bridgehead atoms. The second-order valence-electron chi connectivity index (χ2n) is 5.00. The summed E-state index contributed by atoms with van der Waals surface area (Å²) >= 11 is 1.80. The summed E-state index contributed by atoms with van der Waals surface area (Å²) in [6.45, 7) is 5.48. The van der Waals surface area contributed by atoms with Crippen molar-refractivity contribution < 1.29 is 0 Å². The molecule has 1 aromatic heterocycles. The van der Waals surface area contributed by atoms with Crippen LogP contribution in [0.4, 0.5) is 0 Å². The Hall–Kier alpha value is -0.380. The second kappa shape index (κ2) is 6.53. The molecule has 2 atom stereocenters. The Morgan fingerprint density at radius 3 is 3.00 bits per heavy atom. The third-order valence-corrected chi connectivity index (χ3v) is 4.80. The van der Waals surface area contributed by atoms with Crippen molar-refractivity contribution in [3.05, 3.63) is 22.4 Å². The predicted octanol–water partition coefficient (Wildman–Crippen LogP) is 2.74. The molecule has 2 unspecified atom stereocenters. The summed E-state index contributed by atoms with van der Waals surface area (Å²) in [5.41, 5.74) is 7.36. The maximum absolute atomic E-state index is 5.88. The van der Waals surface area contributed by atoms with E-state index in [-0.39, 0.29) is 0 Å². The van der Waals surface area contributed by atoms with Crippen LogP contribution in [0.5, 0.6) is 0 Å². The fourth-order valence-corrected chi connectivity index (χ4v) is 3.74. The molecule has 0 radical (unpaired) electrons. The van der Waals surface area contributed by atoms with Crippen molar-refractivity contribution in [3.63, 3.8) is 0 Å². The largest absolute Gasteiger partial charge is 0.330 e. The lowest BCUT2D eigenvalue weighted by atomic mass is 10.0. The minimum atomic E-state index is 0.734. The number of hydrogen-bond donors (Lipinski definition) is 1. The summed E-state index contributed by atoms with van der Waals surface area (Å²) in [4.78, 5) is 2.64. The standard InChI is InChI=1S/C14H24N2S/c1-2-16(8-6-12-7-9-17-11-12)14-5-3-4-13(14)10-15/h7,9,11,13-14H,2-6,8,10,15H2,1H3. The van der Waals surface area contributed by atoms with Gasteiger partial charge in [-0.15, -0.1) is 0 Å². The van der Waals surface area contributed by atoms with Crippen LogP contribution in [0.2, 0.25) is 0 Å². The second-order valence-corrected chi connectivity index (χ2v) is 5.78. The van der Waals surface area contributed by atoms with Gasteiger partial charge in [0.2, 0.25) is 0 Å². The fraction of sp³-hybridized carbons (Fsp3) is 0.714. The summed E-state index contributed by atoms with van der Waals surface area (Å²) in [5.74, 6) is 0.734. The van der Waals surface area contributed by atoms with Crippen LogP contribution in [-0.2, 0) is 6.42 Å². The van der Waals surface area contributed by atoms with Gasteiger partial charge in [0.05, 0.1) is 0 Å². The molecule has 0 saturated heterocycles. The highest BCUT2D eigenvalue weighted by Crippen LogP contribution is 2.29. The third kappa shape index (κ3) is 3.30. The van der Waals surface area contributed by atoms with E-state index in [4.69, 9.17) is 5.73 Å². The Bertz CT molecular complexity index is 310. The predicted molar refractivity (Wildman–Crippen MR) is 75.5 cm³/mol. The molecule has 0 spiro atoms. The maximum atomic E-state index is 5.88. The normalized spacial score (nSPS) is 24.6. The SMILES string of the molecule is CCN(CCc1ccsc1)C1CCCC1CN. The van der Waals surface area contributed by atoms with E-state index in [1.807, 2.05) is 0 Å². The lowest BCUT2D eigenvalue weighted by Crippen LogP contribution is -2.41. The monoisotopic (exact) mass is 252 g/mol. The van der Waals surface area contributed by atoms with E-state index in [1.165, 1.54) is 37.8 Å². The van der Waals surface area contributed by atoms with E-state index in [1.54, 1.807) is 11.3 Å². The highest BCUT2D eigenvalue weighted by atomic mass is 32.1. The molecular formula is C14H24N2S. The number of likely N-dealkylation sites (N-methyl/N-ethyl adjacent to an activating group) is 1. The zero-order valence-electron chi connectivity index (χ0n) is 10.8. The molecular weight excluding hydrogens is 228 g/mol. The quantitative estimate of drug-likeness (QED) is 0.843.